The van der Waals surface area contributed by atoms with Gasteiger partial charge >= 0.3 is 0 Å². The van der Waals surface area contributed by atoms with Crippen molar-refractivity contribution in [1.82, 2.24) is 0 Å². The molecule has 1 aromatic heterocycles. The third-order valence-corrected chi connectivity index (χ3v) is 9.89. The predicted molar refractivity (Wildman–Crippen MR) is 197 cm³/mol. The molecule has 2 nitrogen and oxygen atoms in total. The van der Waals surface area contributed by atoms with E-state index in [4.69, 9.17) is 4.42 Å². The van der Waals surface area contributed by atoms with Gasteiger partial charge in [-0.05, 0) is 81.4 Å². The molecular formula is C45H33NO. The number of rotatable bonds is 5. The van der Waals surface area contributed by atoms with Crippen molar-refractivity contribution < 1.29 is 4.42 Å². The molecule has 1 heterocycles. The molecule has 8 aromatic rings. The molecule has 2 heteroatoms. The van der Waals surface area contributed by atoms with Crippen LogP contribution in [0.3, 0.4) is 0 Å². The van der Waals surface area contributed by atoms with E-state index in [-0.39, 0.29) is 5.41 Å². The second kappa shape index (κ2) is 10.6. The Morgan fingerprint density at radius 3 is 1.85 bits per heavy atom. The number of para-hydroxylation sites is 2. The normalized spacial score (nSPS) is 13.1. The third kappa shape index (κ3) is 4.33. The highest BCUT2D eigenvalue weighted by Crippen LogP contribution is 2.52. The summed E-state index contributed by atoms with van der Waals surface area (Å²) >= 11 is 0. The lowest BCUT2D eigenvalue weighted by molar-refractivity contribution is 0.660. The second-order valence-electron chi connectivity index (χ2n) is 13.0. The standard InChI is InChI=1S/C45H33NO/c1-45(2)40-19-11-9-17-36(40)37-26-23-32(29-41(37)45)35-27-28-39-38-18-10-12-20-42(38)47-44(39)43(35)46(33-15-7-4-8-16-33)34-24-21-31(22-25-34)30-13-5-3-6-14-30/h3-29H,1-2H3. The third-order valence-electron chi connectivity index (χ3n) is 9.89. The molecule has 9 rings (SSSR count). The minimum atomic E-state index is -0.0993. The van der Waals surface area contributed by atoms with Crippen LogP contribution in [0.4, 0.5) is 17.1 Å². The minimum Gasteiger partial charge on any atom is -0.454 e. The highest BCUT2D eigenvalue weighted by molar-refractivity contribution is 6.13. The molecule has 0 unspecified atom stereocenters. The van der Waals surface area contributed by atoms with E-state index in [1.165, 1.54) is 38.9 Å². The lowest BCUT2D eigenvalue weighted by atomic mass is 9.81. The Bertz CT molecular complexity index is 2420. The summed E-state index contributed by atoms with van der Waals surface area (Å²) in [5.41, 5.74) is 14.9. The summed E-state index contributed by atoms with van der Waals surface area (Å²) in [4.78, 5) is 2.36. The van der Waals surface area contributed by atoms with Crippen molar-refractivity contribution in [2.24, 2.45) is 0 Å². The van der Waals surface area contributed by atoms with Gasteiger partial charge in [0.05, 0.1) is 5.69 Å². The summed E-state index contributed by atoms with van der Waals surface area (Å²) in [6, 6.07) is 58.8. The van der Waals surface area contributed by atoms with E-state index in [0.717, 1.165) is 44.6 Å². The lowest BCUT2D eigenvalue weighted by Gasteiger charge is -2.28. The van der Waals surface area contributed by atoms with Crippen molar-refractivity contribution >= 4 is 39.0 Å². The Hall–Kier alpha value is -5.86. The van der Waals surface area contributed by atoms with Crippen LogP contribution in [0.1, 0.15) is 25.0 Å². The van der Waals surface area contributed by atoms with Crippen molar-refractivity contribution in [3.63, 3.8) is 0 Å². The molecule has 0 atom stereocenters. The summed E-state index contributed by atoms with van der Waals surface area (Å²) in [7, 11) is 0. The van der Waals surface area contributed by atoms with Gasteiger partial charge in [-0.25, -0.2) is 0 Å². The molecule has 0 fully saturated rings. The Kier molecular flexibility index (Phi) is 6.20. The zero-order valence-corrected chi connectivity index (χ0v) is 26.4. The van der Waals surface area contributed by atoms with Crippen molar-refractivity contribution in [2.75, 3.05) is 4.90 Å². The molecular weight excluding hydrogens is 571 g/mol. The van der Waals surface area contributed by atoms with E-state index >= 15 is 0 Å². The van der Waals surface area contributed by atoms with Gasteiger partial charge in [0.2, 0.25) is 0 Å². The fourth-order valence-corrected chi connectivity index (χ4v) is 7.52. The van der Waals surface area contributed by atoms with E-state index in [9.17, 15) is 0 Å². The van der Waals surface area contributed by atoms with E-state index in [1.54, 1.807) is 0 Å². The first-order valence-corrected chi connectivity index (χ1v) is 16.3. The fraction of sp³-hybridized carbons (Fsp3) is 0.0667. The Morgan fingerprint density at radius 1 is 0.447 bits per heavy atom. The van der Waals surface area contributed by atoms with Crippen molar-refractivity contribution in [3.05, 3.63) is 175 Å². The summed E-state index contributed by atoms with van der Waals surface area (Å²) < 4.78 is 6.81. The van der Waals surface area contributed by atoms with Crippen LogP contribution in [0, 0.1) is 0 Å². The SMILES string of the molecule is CC1(C)c2ccccc2-c2ccc(-c3ccc4c(oc5ccccc54)c3N(c3ccccc3)c3ccc(-c4ccccc4)cc3)cc21. The maximum absolute atomic E-state index is 6.81. The van der Waals surface area contributed by atoms with Gasteiger partial charge in [-0.3, -0.25) is 0 Å². The largest absolute Gasteiger partial charge is 0.454 e. The Balaban J connectivity index is 1.31. The van der Waals surface area contributed by atoms with Gasteiger partial charge in [-0.15, -0.1) is 0 Å². The number of furan rings is 1. The quantitative estimate of drug-likeness (QED) is 0.195. The van der Waals surface area contributed by atoms with Crippen LogP contribution in [0.15, 0.2) is 168 Å². The Morgan fingerprint density at radius 2 is 1.04 bits per heavy atom. The average Bonchev–Trinajstić information content (AvgIpc) is 3.62. The van der Waals surface area contributed by atoms with Gasteiger partial charge in [0, 0.05) is 33.1 Å². The van der Waals surface area contributed by atoms with Crippen LogP contribution in [0.25, 0.3) is 55.3 Å². The average molecular weight is 604 g/mol. The molecule has 0 N–H and O–H groups in total. The smallest absolute Gasteiger partial charge is 0.160 e. The number of hydrogen-bond donors (Lipinski definition) is 0. The van der Waals surface area contributed by atoms with Gasteiger partial charge in [-0.1, -0.05) is 135 Å². The molecule has 47 heavy (non-hydrogen) atoms. The second-order valence-corrected chi connectivity index (χ2v) is 13.0. The first kappa shape index (κ1) is 27.5. The van der Waals surface area contributed by atoms with Crippen LogP contribution < -0.4 is 4.90 Å². The van der Waals surface area contributed by atoms with E-state index < -0.39 is 0 Å². The highest BCUT2D eigenvalue weighted by Gasteiger charge is 2.35. The number of hydrogen-bond acceptors (Lipinski definition) is 2. The van der Waals surface area contributed by atoms with E-state index in [0.29, 0.717) is 0 Å². The monoisotopic (exact) mass is 603 g/mol. The summed E-state index contributed by atoms with van der Waals surface area (Å²) in [5.74, 6) is 0. The number of anilines is 3. The fourth-order valence-electron chi connectivity index (χ4n) is 7.52. The molecule has 0 aliphatic heterocycles. The lowest BCUT2D eigenvalue weighted by Crippen LogP contribution is -2.15. The van der Waals surface area contributed by atoms with Crippen molar-refractivity contribution in [3.8, 4) is 33.4 Å². The molecule has 0 radical (unpaired) electrons. The zero-order chi connectivity index (χ0) is 31.5. The molecule has 0 bridgehead atoms. The molecule has 0 saturated carbocycles. The molecule has 1 aliphatic carbocycles. The summed E-state index contributed by atoms with van der Waals surface area (Å²) in [5, 5.41) is 2.23. The van der Waals surface area contributed by atoms with E-state index in [2.05, 4.69) is 176 Å². The summed E-state index contributed by atoms with van der Waals surface area (Å²) in [6.07, 6.45) is 0. The predicted octanol–water partition coefficient (Wildman–Crippen LogP) is 12.7. The number of fused-ring (bicyclic) bond motifs is 6. The summed E-state index contributed by atoms with van der Waals surface area (Å²) in [6.45, 7) is 4.69. The van der Waals surface area contributed by atoms with Gasteiger partial charge in [0.15, 0.2) is 5.58 Å². The van der Waals surface area contributed by atoms with Crippen LogP contribution >= 0.6 is 0 Å². The van der Waals surface area contributed by atoms with Gasteiger partial charge < -0.3 is 9.32 Å². The van der Waals surface area contributed by atoms with Crippen LogP contribution in [-0.4, -0.2) is 0 Å². The minimum absolute atomic E-state index is 0.0993. The topological polar surface area (TPSA) is 16.4 Å². The highest BCUT2D eigenvalue weighted by atomic mass is 16.3. The number of nitrogens with zero attached hydrogens (tertiary/aromatic N) is 1. The molecule has 224 valence electrons. The molecule has 1 aliphatic rings. The molecule has 7 aromatic carbocycles. The first-order chi connectivity index (χ1) is 23.1. The van der Waals surface area contributed by atoms with Crippen molar-refractivity contribution in [2.45, 2.75) is 19.3 Å². The number of benzene rings is 7. The first-order valence-electron chi connectivity index (χ1n) is 16.3. The van der Waals surface area contributed by atoms with Crippen LogP contribution in [0.5, 0.6) is 0 Å². The van der Waals surface area contributed by atoms with Crippen molar-refractivity contribution in [1.29, 1.82) is 0 Å². The van der Waals surface area contributed by atoms with Crippen LogP contribution in [0.2, 0.25) is 0 Å². The molecule has 0 spiro atoms. The maximum atomic E-state index is 6.81. The van der Waals surface area contributed by atoms with Crippen LogP contribution in [-0.2, 0) is 5.41 Å². The zero-order valence-electron chi connectivity index (χ0n) is 26.4. The molecule has 0 amide bonds. The maximum Gasteiger partial charge on any atom is 0.160 e. The molecule has 0 saturated heterocycles. The van der Waals surface area contributed by atoms with E-state index in [1.807, 2.05) is 6.07 Å². The Labute approximate surface area is 275 Å². The van der Waals surface area contributed by atoms with Gasteiger partial charge in [0.1, 0.15) is 5.58 Å². The van der Waals surface area contributed by atoms with Gasteiger partial charge in [-0.2, -0.15) is 0 Å². The van der Waals surface area contributed by atoms with Gasteiger partial charge in [0.25, 0.3) is 0 Å².